The van der Waals surface area contributed by atoms with E-state index < -0.39 is 10.0 Å². The Morgan fingerprint density at radius 1 is 1.21 bits per heavy atom. The molecule has 19 heavy (non-hydrogen) atoms. The van der Waals surface area contributed by atoms with Crippen LogP contribution in [0.1, 0.15) is 22.7 Å². The van der Waals surface area contributed by atoms with Gasteiger partial charge in [-0.1, -0.05) is 12.1 Å². The Morgan fingerprint density at radius 2 is 1.89 bits per heavy atom. The van der Waals surface area contributed by atoms with E-state index in [1.165, 1.54) is 6.07 Å². The first kappa shape index (κ1) is 14.0. The summed E-state index contributed by atoms with van der Waals surface area (Å²) in [5.41, 5.74) is 5.96. The molecule has 0 spiro atoms. The number of para-hydroxylation sites is 1. The van der Waals surface area contributed by atoms with Gasteiger partial charge < -0.3 is 5.73 Å². The summed E-state index contributed by atoms with van der Waals surface area (Å²) >= 11 is 1.58. The Kier molecular flexibility index (Phi) is 3.93. The molecule has 0 aliphatic heterocycles. The summed E-state index contributed by atoms with van der Waals surface area (Å²) < 4.78 is 27.2. The highest BCUT2D eigenvalue weighted by Crippen LogP contribution is 2.25. The molecule has 0 saturated heterocycles. The standard InChI is InChI=1S/C13H16N2O2S2/c1-9-7-8-12(18-9)10(2)15-19(16,17)13-6-4-3-5-11(13)14/h3-8,10,15H,14H2,1-2H3. The topological polar surface area (TPSA) is 72.2 Å². The second-order valence-corrected chi connectivity index (χ2v) is 7.33. The van der Waals surface area contributed by atoms with Crippen LogP contribution < -0.4 is 10.5 Å². The van der Waals surface area contributed by atoms with Crippen LogP contribution in [0.2, 0.25) is 0 Å². The first-order chi connectivity index (χ1) is 8.90. The molecule has 1 atom stereocenters. The molecule has 2 aromatic rings. The van der Waals surface area contributed by atoms with Gasteiger partial charge in [0.05, 0.1) is 11.7 Å². The van der Waals surface area contributed by atoms with Gasteiger partial charge in [0, 0.05) is 9.75 Å². The summed E-state index contributed by atoms with van der Waals surface area (Å²) in [6, 6.07) is 10.1. The smallest absolute Gasteiger partial charge is 0.243 e. The largest absolute Gasteiger partial charge is 0.398 e. The molecule has 1 aromatic heterocycles. The molecule has 0 radical (unpaired) electrons. The van der Waals surface area contributed by atoms with Crippen molar-refractivity contribution < 1.29 is 8.42 Å². The normalized spacial score (nSPS) is 13.4. The van der Waals surface area contributed by atoms with E-state index in [0.717, 1.165) is 9.75 Å². The average molecular weight is 296 g/mol. The summed E-state index contributed by atoms with van der Waals surface area (Å²) in [5.74, 6) is 0. The molecule has 0 saturated carbocycles. The van der Waals surface area contributed by atoms with E-state index in [1.807, 2.05) is 26.0 Å². The molecule has 1 unspecified atom stereocenters. The molecule has 0 amide bonds. The lowest BCUT2D eigenvalue weighted by Gasteiger charge is -2.14. The van der Waals surface area contributed by atoms with Crippen LogP contribution in [-0.4, -0.2) is 8.42 Å². The number of benzene rings is 1. The minimum absolute atomic E-state index is 0.120. The van der Waals surface area contributed by atoms with E-state index >= 15 is 0 Å². The minimum atomic E-state index is -3.60. The number of rotatable bonds is 4. The average Bonchev–Trinajstić information content (AvgIpc) is 2.76. The molecule has 2 rings (SSSR count). The third-order valence-electron chi connectivity index (χ3n) is 2.73. The Hall–Kier alpha value is -1.37. The van der Waals surface area contributed by atoms with Gasteiger partial charge >= 0.3 is 0 Å². The molecule has 4 nitrogen and oxygen atoms in total. The van der Waals surface area contributed by atoms with E-state index in [-0.39, 0.29) is 16.6 Å². The molecule has 6 heteroatoms. The quantitative estimate of drug-likeness (QED) is 0.852. The van der Waals surface area contributed by atoms with Gasteiger partial charge in [-0.25, -0.2) is 13.1 Å². The Morgan fingerprint density at radius 3 is 2.47 bits per heavy atom. The molecule has 1 heterocycles. The Bertz CT molecular complexity index is 677. The van der Waals surface area contributed by atoms with E-state index in [1.54, 1.807) is 29.5 Å². The molecular formula is C13H16N2O2S2. The summed E-state index contributed by atoms with van der Waals surface area (Å²) in [5, 5.41) is 0. The van der Waals surface area contributed by atoms with Crippen LogP contribution >= 0.6 is 11.3 Å². The van der Waals surface area contributed by atoms with Crippen molar-refractivity contribution in [2.45, 2.75) is 24.8 Å². The van der Waals surface area contributed by atoms with E-state index in [9.17, 15) is 8.42 Å². The van der Waals surface area contributed by atoms with Crippen LogP contribution in [0.5, 0.6) is 0 Å². The SMILES string of the molecule is Cc1ccc(C(C)NS(=O)(=O)c2ccccc2N)s1. The third kappa shape index (κ3) is 3.15. The van der Waals surface area contributed by atoms with Crippen LogP contribution in [-0.2, 0) is 10.0 Å². The molecule has 3 N–H and O–H groups in total. The minimum Gasteiger partial charge on any atom is -0.398 e. The zero-order chi connectivity index (χ0) is 14.0. The van der Waals surface area contributed by atoms with Crippen molar-refractivity contribution in [1.82, 2.24) is 4.72 Å². The van der Waals surface area contributed by atoms with Gasteiger partial charge in [-0.15, -0.1) is 11.3 Å². The highest BCUT2D eigenvalue weighted by Gasteiger charge is 2.21. The number of thiophene rings is 1. The molecule has 0 bridgehead atoms. The number of sulfonamides is 1. The number of nitrogens with two attached hydrogens (primary N) is 1. The summed E-state index contributed by atoms with van der Waals surface area (Å²) in [4.78, 5) is 2.26. The monoisotopic (exact) mass is 296 g/mol. The first-order valence-electron chi connectivity index (χ1n) is 5.83. The van der Waals surface area contributed by atoms with Gasteiger partial charge in [0.2, 0.25) is 10.0 Å². The van der Waals surface area contributed by atoms with Crippen LogP contribution in [0.4, 0.5) is 5.69 Å². The number of aryl methyl sites for hydroxylation is 1. The fourth-order valence-electron chi connectivity index (χ4n) is 1.77. The zero-order valence-corrected chi connectivity index (χ0v) is 12.4. The molecule has 1 aromatic carbocycles. The van der Waals surface area contributed by atoms with Gasteiger partial charge in [-0.05, 0) is 38.1 Å². The van der Waals surface area contributed by atoms with E-state index in [0.29, 0.717) is 0 Å². The van der Waals surface area contributed by atoms with Crippen molar-refractivity contribution in [2.24, 2.45) is 0 Å². The van der Waals surface area contributed by atoms with Gasteiger partial charge in [0.15, 0.2) is 0 Å². The first-order valence-corrected chi connectivity index (χ1v) is 8.13. The van der Waals surface area contributed by atoms with Crippen molar-refractivity contribution in [3.05, 3.63) is 46.2 Å². The number of anilines is 1. The number of hydrogen-bond acceptors (Lipinski definition) is 4. The van der Waals surface area contributed by atoms with Gasteiger partial charge in [0.1, 0.15) is 4.90 Å². The second kappa shape index (κ2) is 5.32. The Balaban J connectivity index is 2.25. The zero-order valence-electron chi connectivity index (χ0n) is 10.8. The van der Waals surface area contributed by atoms with Crippen molar-refractivity contribution in [3.63, 3.8) is 0 Å². The summed E-state index contributed by atoms with van der Waals surface area (Å²) in [6.07, 6.45) is 0. The summed E-state index contributed by atoms with van der Waals surface area (Å²) in [7, 11) is -3.60. The van der Waals surface area contributed by atoms with Crippen LogP contribution in [0, 0.1) is 6.92 Å². The van der Waals surface area contributed by atoms with Crippen LogP contribution in [0.15, 0.2) is 41.3 Å². The fraction of sp³-hybridized carbons (Fsp3) is 0.231. The molecular weight excluding hydrogens is 280 g/mol. The number of nitrogen functional groups attached to an aromatic ring is 1. The maximum Gasteiger partial charge on any atom is 0.243 e. The lowest BCUT2D eigenvalue weighted by Crippen LogP contribution is -2.27. The molecule has 102 valence electrons. The van der Waals surface area contributed by atoms with Crippen LogP contribution in [0.25, 0.3) is 0 Å². The van der Waals surface area contributed by atoms with Crippen molar-refractivity contribution in [2.75, 3.05) is 5.73 Å². The van der Waals surface area contributed by atoms with Gasteiger partial charge in [-0.3, -0.25) is 0 Å². The molecule has 0 aliphatic carbocycles. The van der Waals surface area contributed by atoms with E-state index in [2.05, 4.69) is 4.72 Å². The van der Waals surface area contributed by atoms with Crippen LogP contribution in [0.3, 0.4) is 0 Å². The van der Waals surface area contributed by atoms with Crippen molar-refractivity contribution in [3.8, 4) is 0 Å². The number of nitrogens with one attached hydrogen (secondary N) is 1. The lowest BCUT2D eigenvalue weighted by molar-refractivity contribution is 0.569. The maximum absolute atomic E-state index is 12.3. The van der Waals surface area contributed by atoms with Gasteiger partial charge in [-0.2, -0.15) is 0 Å². The molecule has 0 aliphatic rings. The highest BCUT2D eigenvalue weighted by atomic mass is 32.2. The van der Waals surface area contributed by atoms with E-state index in [4.69, 9.17) is 5.73 Å². The third-order valence-corrected chi connectivity index (χ3v) is 5.53. The predicted molar refractivity (Wildman–Crippen MR) is 78.6 cm³/mol. The maximum atomic E-state index is 12.3. The lowest BCUT2D eigenvalue weighted by atomic mass is 10.3. The van der Waals surface area contributed by atoms with Crippen molar-refractivity contribution >= 4 is 27.0 Å². The van der Waals surface area contributed by atoms with Crippen molar-refractivity contribution in [1.29, 1.82) is 0 Å². The molecule has 0 fully saturated rings. The summed E-state index contributed by atoms with van der Waals surface area (Å²) in [6.45, 7) is 3.81. The second-order valence-electron chi connectivity index (χ2n) is 4.33. The fourth-order valence-corrected chi connectivity index (χ4v) is 4.08. The highest BCUT2D eigenvalue weighted by molar-refractivity contribution is 7.89. The Labute approximate surface area is 117 Å². The predicted octanol–water partition coefficient (Wildman–Crippen LogP) is 2.68. The number of hydrogen-bond donors (Lipinski definition) is 2. The van der Waals surface area contributed by atoms with Gasteiger partial charge in [0.25, 0.3) is 0 Å².